The number of morpholine rings is 1. The van der Waals surface area contributed by atoms with Gasteiger partial charge in [-0.25, -0.2) is 0 Å². The average molecular weight is 420 g/mol. The third-order valence-corrected chi connectivity index (χ3v) is 7.00. The minimum atomic E-state index is 0.119. The fourth-order valence-corrected chi connectivity index (χ4v) is 5.00. The largest absolute Gasteiger partial charge is 0.469 e. The van der Waals surface area contributed by atoms with E-state index in [-0.39, 0.29) is 5.91 Å². The Morgan fingerprint density at radius 3 is 2.40 bits per heavy atom. The van der Waals surface area contributed by atoms with Crippen LogP contribution in [-0.2, 0) is 9.47 Å². The number of carbonyl (C=O) groups excluding carboxylic acids is 1. The van der Waals surface area contributed by atoms with Crippen LogP contribution in [0.3, 0.4) is 0 Å². The molecule has 168 valence electrons. The summed E-state index contributed by atoms with van der Waals surface area (Å²) in [6, 6.07) is 2.43. The summed E-state index contributed by atoms with van der Waals surface area (Å²) >= 11 is 0. The average Bonchev–Trinajstić information content (AvgIpc) is 3.23. The van der Waals surface area contributed by atoms with Crippen molar-refractivity contribution in [3.05, 3.63) is 23.7 Å². The second-order valence-electron chi connectivity index (χ2n) is 8.92. The Hall–Kier alpha value is -1.41. The molecule has 0 atom stereocenters. The van der Waals surface area contributed by atoms with Gasteiger partial charge in [-0.1, -0.05) is 0 Å². The summed E-state index contributed by atoms with van der Waals surface area (Å²) in [5.41, 5.74) is 0.711. The maximum atomic E-state index is 12.8. The van der Waals surface area contributed by atoms with Gasteiger partial charge in [-0.3, -0.25) is 14.6 Å². The van der Waals surface area contributed by atoms with Gasteiger partial charge >= 0.3 is 0 Å². The van der Waals surface area contributed by atoms with E-state index in [1.165, 1.54) is 0 Å². The molecular formula is C23H37N3O4. The van der Waals surface area contributed by atoms with Gasteiger partial charge in [0.15, 0.2) is 0 Å². The second kappa shape index (κ2) is 10.8. The molecule has 7 nitrogen and oxygen atoms in total. The highest BCUT2D eigenvalue weighted by atomic mass is 16.5. The number of hydrogen-bond donors (Lipinski definition) is 0. The molecular weight excluding hydrogens is 382 g/mol. The maximum Gasteiger partial charge on any atom is 0.257 e. The summed E-state index contributed by atoms with van der Waals surface area (Å²) in [7, 11) is 0. The molecule has 0 unspecified atom stereocenters. The van der Waals surface area contributed by atoms with Crippen LogP contribution < -0.4 is 0 Å². The fraction of sp³-hybridized carbons (Fsp3) is 0.783. The standard InChI is InChI=1S/C23H37N3O4/c1-19-22(6-15-30-19)23(27)25-7-2-20(3-8-25)18-26(21-4-13-28-14-5-21)10-9-24-11-16-29-17-12-24/h6,15,20-21H,2-5,7-14,16-18H2,1H3. The fourth-order valence-electron chi connectivity index (χ4n) is 5.00. The van der Waals surface area contributed by atoms with E-state index in [2.05, 4.69) is 9.80 Å². The first kappa shape index (κ1) is 21.8. The van der Waals surface area contributed by atoms with E-state index >= 15 is 0 Å². The quantitative estimate of drug-likeness (QED) is 0.676. The number of aryl methyl sites for hydroxylation is 1. The first-order valence-corrected chi connectivity index (χ1v) is 11.7. The molecule has 0 N–H and O–H groups in total. The van der Waals surface area contributed by atoms with Crippen LogP contribution in [0.15, 0.2) is 16.7 Å². The zero-order chi connectivity index (χ0) is 20.8. The Morgan fingerprint density at radius 1 is 1.03 bits per heavy atom. The van der Waals surface area contributed by atoms with Crippen molar-refractivity contribution in [1.82, 2.24) is 14.7 Å². The summed E-state index contributed by atoms with van der Waals surface area (Å²) in [5.74, 6) is 1.50. The lowest BCUT2D eigenvalue weighted by atomic mass is 9.94. The molecule has 7 heteroatoms. The number of furan rings is 1. The maximum absolute atomic E-state index is 12.8. The molecule has 4 rings (SSSR count). The van der Waals surface area contributed by atoms with E-state index in [1.54, 1.807) is 12.3 Å². The Balaban J connectivity index is 1.29. The molecule has 0 spiro atoms. The van der Waals surface area contributed by atoms with Gasteiger partial charge in [-0.15, -0.1) is 0 Å². The summed E-state index contributed by atoms with van der Waals surface area (Å²) in [6.45, 7) is 12.5. The third-order valence-electron chi connectivity index (χ3n) is 7.00. The van der Waals surface area contributed by atoms with Gasteiger partial charge in [0.05, 0.1) is 25.0 Å². The van der Waals surface area contributed by atoms with Crippen LogP contribution in [0, 0.1) is 12.8 Å². The van der Waals surface area contributed by atoms with Gasteiger partial charge in [0.2, 0.25) is 0 Å². The first-order chi connectivity index (χ1) is 14.7. The number of rotatable bonds is 7. The predicted molar refractivity (Wildman–Crippen MR) is 115 cm³/mol. The van der Waals surface area contributed by atoms with Gasteiger partial charge in [-0.05, 0) is 44.6 Å². The van der Waals surface area contributed by atoms with E-state index in [0.717, 1.165) is 104 Å². The van der Waals surface area contributed by atoms with Gasteiger partial charge < -0.3 is 18.8 Å². The van der Waals surface area contributed by atoms with E-state index < -0.39 is 0 Å². The molecule has 0 aromatic carbocycles. The van der Waals surface area contributed by atoms with Crippen LogP contribution in [0.25, 0.3) is 0 Å². The number of nitrogens with zero attached hydrogens (tertiary/aromatic N) is 3. The van der Waals surface area contributed by atoms with Crippen molar-refractivity contribution in [3.63, 3.8) is 0 Å². The van der Waals surface area contributed by atoms with Crippen molar-refractivity contribution < 1.29 is 18.7 Å². The van der Waals surface area contributed by atoms with Crippen molar-refractivity contribution in [3.8, 4) is 0 Å². The van der Waals surface area contributed by atoms with Gasteiger partial charge in [0, 0.05) is 65.1 Å². The molecule has 3 saturated heterocycles. The van der Waals surface area contributed by atoms with Crippen LogP contribution >= 0.6 is 0 Å². The molecule has 0 radical (unpaired) electrons. The molecule has 30 heavy (non-hydrogen) atoms. The lowest BCUT2D eigenvalue weighted by Gasteiger charge is -2.40. The molecule has 3 aliphatic heterocycles. The summed E-state index contributed by atoms with van der Waals surface area (Å²) in [5, 5.41) is 0. The Labute approximate surface area is 180 Å². The van der Waals surface area contributed by atoms with E-state index in [1.807, 2.05) is 11.8 Å². The van der Waals surface area contributed by atoms with E-state index in [0.29, 0.717) is 17.5 Å². The van der Waals surface area contributed by atoms with Crippen molar-refractivity contribution in [2.75, 3.05) is 72.2 Å². The summed E-state index contributed by atoms with van der Waals surface area (Å²) in [6.07, 6.45) is 6.05. The lowest BCUT2D eigenvalue weighted by molar-refractivity contribution is 0.00624. The predicted octanol–water partition coefficient (Wildman–Crippen LogP) is 2.25. The van der Waals surface area contributed by atoms with Gasteiger partial charge in [0.25, 0.3) is 5.91 Å². The van der Waals surface area contributed by atoms with Crippen LogP contribution in [0.5, 0.6) is 0 Å². The molecule has 3 aliphatic rings. The second-order valence-corrected chi connectivity index (χ2v) is 8.92. The number of hydrogen-bond acceptors (Lipinski definition) is 6. The van der Waals surface area contributed by atoms with Crippen LogP contribution in [0.1, 0.15) is 41.8 Å². The molecule has 1 aromatic rings. The summed E-state index contributed by atoms with van der Waals surface area (Å²) < 4.78 is 16.4. The summed E-state index contributed by atoms with van der Waals surface area (Å²) in [4.78, 5) is 20.0. The third kappa shape index (κ3) is 5.63. The van der Waals surface area contributed by atoms with E-state index in [9.17, 15) is 4.79 Å². The van der Waals surface area contributed by atoms with Crippen LogP contribution in [-0.4, -0.2) is 98.9 Å². The van der Waals surface area contributed by atoms with Gasteiger partial charge in [0.1, 0.15) is 5.76 Å². The smallest absolute Gasteiger partial charge is 0.257 e. The topological polar surface area (TPSA) is 58.4 Å². The van der Waals surface area contributed by atoms with Crippen molar-refractivity contribution >= 4 is 5.91 Å². The minimum absolute atomic E-state index is 0.119. The highest BCUT2D eigenvalue weighted by Crippen LogP contribution is 2.24. The Bertz CT molecular complexity index is 659. The number of amides is 1. The molecule has 0 aliphatic carbocycles. The number of likely N-dealkylation sites (tertiary alicyclic amines) is 1. The van der Waals surface area contributed by atoms with Crippen molar-refractivity contribution in [1.29, 1.82) is 0 Å². The molecule has 1 amide bonds. The molecule has 1 aromatic heterocycles. The first-order valence-electron chi connectivity index (χ1n) is 11.7. The zero-order valence-corrected chi connectivity index (χ0v) is 18.4. The number of ether oxygens (including phenoxy) is 2. The van der Waals surface area contributed by atoms with Crippen LogP contribution in [0.2, 0.25) is 0 Å². The number of carbonyl (C=O) groups is 1. The highest BCUT2D eigenvalue weighted by Gasteiger charge is 2.29. The Kier molecular flexibility index (Phi) is 7.82. The normalized spacial score (nSPS) is 22.7. The monoisotopic (exact) mass is 419 g/mol. The van der Waals surface area contributed by atoms with E-state index in [4.69, 9.17) is 13.9 Å². The molecule has 0 bridgehead atoms. The van der Waals surface area contributed by atoms with Crippen molar-refractivity contribution in [2.45, 2.75) is 38.6 Å². The molecule has 0 saturated carbocycles. The zero-order valence-electron chi connectivity index (χ0n) is 18.4. The minimum Gasteiger partial charge on any atom is -0.469 e. The van der Waals surface area contributed by atoms with Gasteiger partial charge in [-0.2, -0.15) is 0 Å². The lowest BCUT2D eigenvalue weighted by Crippen LogP contribution is -2.49. The highest BCUT2D eigenvalue weighted by molar-refractivity contribution is 5.95. The number of piperidine rings is 1. The molecule has 4 heterocycles. The van der Waals surface area contributed by atoms with Crippen molar-refractivity contribution in [2.24, 2.45) is 5.92 Å². The molecule has 3 fully saturated rings. The van der Waals surface area contributed by atoms with Crippen LogP contribution in [0.4, 0.5) is 0 Å². The Morgan fingerprint density at radius 2 is 1.73 bits per heavy atom. The SMILES string of the molecule is Cc1occc1C(=O)N1CCC(CN(CCN2CCOCC2)C2CCOCC2)CC1.